The van der Waals surface area contributed by atoms with Gasteiger partial charge < -0.3 is 9.84 Å². The number of nitrogens with zero attached hydrogens (tertiary/aromatic N) is 3. The molecule has 20 heavy (non-hydrogen) atoms. The molecule has 114 valence electrons. The van der Waals surface area contributed by atoms with E-state index in [0.717, 1.165) is 0 Å². The fourth-order valence-corrected chi connectivity index (χ4v) is 1.76. The summed E-state index contributed by atoms with van der Waals surface area (Å²) in [6.45, 7) is 10.2. The molecule has 1 aromatic heterocycles. The van der Waals surface area contributed by atoms with Crippen molar-refractivity contribution in [3.63, 3.8) is 0 Å². The predicted molar refractivity (Wildman–Crippen MR) is 75.4 cm³/mol. The second kappa shape index (κ2) is 6.83. The van der Waals surface area contributed by atoms with Crippen LogP contribution in [0, 0.1) is 12.8 Å². The Morgan fingerprint density at radius 2 is 2.00 bits per heavy atom. The van der Waals surface area contributed by atoms with Crippen molar-refractivity contribution in [3.8, 4) is 0 Å². The molecule has 0 aromatic carbocycles. The lowest BCUT2D eigenvalue weighted by Gasteiger charge is -2.25. The van der Waals surface area contributed by atoms with E-state index in [2.05, 4.69) is 10.3 Å². The molecule has 0 spiro atoms. The van der Waals surface area contributed by atoms with Crippen LogP contribution >= 0.6 is 0 Å². The molecule has 0 bridgehead atoms. The van der Waals surface area contributed by atoms with Gasteiger partial charge in [0.1, 0.15) is 0 Å². The zero-order valence-corrected chi connectivity index (χ0v) is 13.0. The first-order chi connectivity index (χ1) is 9.33. The van der Waals surface area contributed by atoms with Gasteiger partial charge in [0.05, 0.1) is 24.4 Å². The van der Waals surface area contributed by atoms with Gasteiger partial charge in [-0.3, -0.25) is 0 Å². The van der Waals surface area contributed by atoms with Gasteiger partial charge in [0, 0.05) is 0 Å². The van der Waals surface area contributed by atoms with Crippen LogP contribution in [0.3, 0.4) is 0 Å². The van der Waals surface area contributed by atoms with Gasteiger partial charge in [0.15, 0.2) is 5.69 Å². The number of aliphatic hydroxyl groups is 1. The molecular weight excluding hydrogens is 258 g/mol. The molecule has 0 radical (unpaired) electrons. The zero-order valence-electron chi connectivity index (χ0n) is 13.0. The van der Waals surface area contributed by atoms with Crippen molar-refractivity contribution < 1.29 is 14.6 Å². The normalized spacial score (nSPS) is 11.9. The molecule has 0 unspecified atom stereocenters. The number of aromatic nitrogens is 3. The third-order valence-electron chi connectivity index (χ3n) is 3.48. The fourth-order valence-electron chi connectivity index (χ4n) is 1.76. The SMILES string of the molecule is CCC(O)(CC)Cn1nnc(C(=O)OCC(C)C)c1C. The number of hydrogen-bond donors (Lipinski definition) is 1. The van der Waals surface area contributed by atoms with Crippen molar-refractivity contribution >= 4 is 5.97 Å². The molecule has 0 atom stereocenters. The first-order valence-corrected chi connectivity index (χ1v) is 7.12. The summed E-state index contributed by atoms with van der Waals surface area (Å²) in [5.41, 5.74) is 0.0247. The molecular formula is C14H25N3O3. The minimum atomic E-state index is -0.822. The smallest absolute Gasteiger partial charge is 0.360 e. The Bertz CT molecular complexity index is 451. The van der Waals surface area contributed by atoms with Crippen LogP contribution in [0.5, 0.6) is 0 Å². The lowest BCUT2D eigenvalue weighted by Crippen LogP contribution is -2.33. The van der Waals surface area contributed by atoms with Crippen LogP contribution in [0.15, 0.2) is 0 Å². The highest BCUT2D eigenvalue weighted by atomic mass is 16.5. The van der Waals surface area contributed by atoms with Crippen molar-refractivity contribution in [2.24, 2.45) is 5.92 Å². The Balaban J connectivity index is 2.81. The Kier molecular flexibility index (Phi) is 5.68. The highest BCUT2D eigenvalue weighted by Crippen LogP contribution is 2.18. The molecule has 6 nitrogen and oxygen atoms in total. The summed E-state index contributed by atoms with van der Waals surface area (Å²) in [6.07, 6.45) is 1.24. The van der Waals surface area contributed by atoms with Crippen LogP contribution in [0.1, 0.15) is 56.7 Å². The van der Waals surface area contributed by atoms with Gasteiger partial charge in [-0.15, -0.1) is 5.10 Å². The van der Waals surface area contributed by atoms with E-state index in [9.17, 15) is 9.90 Å². The Morgan fingerprint density at radius 1 is 1.40 bits per heavy atom. The van der Waals surface area contributed by atoms with Crippen molar-refractivity contribution in [1.82, 2.24) is 15.0 Å². The second-order valence-electron chi connectivity index (χ2n) is 5.60. The highest BCUT2D eigenvalue weighted by Gasteiger charge is 2.26. The molecule has 0 fully saturated rings. The summed E-state index contributed by atoms with van der Waals surface area (Å²) in [5, 5.41) is 18.2. The summed E-state index contributed by atoms with van der Waals surface area (Å²) >= 11 is 0. The van der Waals surface area contributed by atoms with E-state index in [1.807, 2.05) is 27.7 Å². The van der Waals surface area contributed by atoms with Crippen LogP contribution in [0.2, 0.25) is 0 Å². The van der Waals surface area contributed by atoms with E-state index in [4.69, 9.17) is 4.74 Å². The van der Waals surface area contributed by atoms with Gasteiger partial charge in [-0.2, -0.15) is 0 Å². The summed E-state index contributed by atoms with van der Waals surface area (Å²) in [4.78, 5) is 11.9. The van der Waals surface area contributed by atoms with E-state index >= 15 is 0 Å². The van der Waals surface area contributed by atoms with E-state index in [1.54, 1.807) is 11.6 Å². The summed E-state index contributed by atoms with van der Waals surface area (Å²) in [5.74, 6) is -0.182. The van der Waals surface area contributed by atoms with E-state index in [-0.39, 0.29) is 11.6 Å². The average Bonchev–Trinajstić information content (AvgIpc) is 2.77. The Hall–Kier alpha value is -1.43. The van der Waals surface area contributed by atoms with Crippen molar-refractivity contribution in [2.45, 2.75) is 59.6 Å². The number of carbonyl (C=O) groups is 1. The number of hydrogen-bond acceptors (Lipinski definition) is 5. The summed E-state index contributed by atoms with van der Waals surface area (Å²) in [6, 6.07) is 0. The van der Waals surface area contributed by atoms with Gasteiger partial charge in [0.2, 0.25) is 0 Å². The molecule has 0 aliphatic heterocycles. The van der Waals surface area contributed by atoms with Crippen LogP contribution in [-0.2, 0) is 11.3 Å². The standard InChI is InChI=1S/C14H25N3O3/c1-6-14(19,7-2)9-17-11(5)12(15-16-17)13(18)20-8-10(3)4/h10,19H,6-9H2,1-5H3. The quantitative estimate of drug-likeness (QED) is 0.774. The van der Waals surface area contributed by atoms with Gasteiger partial charge in [0.25, 0.3) is 0 Å². The minimum absolute atomic E-state index is 0.222. The topological polar surface area (TPSA) is 77.2 Å². The maximum Gasteiger partial charge on any atom is 0.360 e. The molecule has 0 saturated carbocycles. The lowest BCUT2D eigenvalue weighted by molar-refractivity contribution is 0.0108. The Morgan fingerprint density at radius 3 is 2.50 bits per heavy atom. The summed E-state index contributed by atoms with van der Waals surface area (Å²) < 4.78 is 6.72. The molecule has 6 heteroatoms. The largest absolute Gasteiger partial charge is 0.461 e. The maximum absolute atomic E-state index is 11.9. The zero-order chi connectivity index (χ0) is 15.3. The van der Waals surface area contributed by atoms with Gasteiger partial charge in [-0.05, 0) is 25.7 Å². The number of carbonyl (C=O) groups excluding carboxylic acids is 1. The van der Waals surface area contributed by atoms with Crippen LogP contribution in [0.4, 0.5) is 0 Å². The first kappa shape index (κ1) is 16.6. The van der Waals surface area contributed by atoms with E-state index < -0.39 is 11.6 Å². The molecule has 0 amide bonds. The van der Waals surface area contributed by atoms with E-state index in [0.29, 0.717) is 31.7 Å². The fraction of sp³-hybridized carbons (Fsp3) is 0.786. The molecule has 1 aromatic rings. The monoisotopic (exact) mass is 283 g/mol. The lowest BCUT2D eigenvalue weighted by atomic mass is 9.97. The molecule has 0 aliphatic rings. The molecule has 0 aliphatic carbocycles. The van der Waals surface area contributed by atoms with Crippen molar-refractivity contribution in [3.05, 3.63) is 11.4 Å². The van der Waals surface area contributed by atoms with E-state index in [1.165, 1.54) is 0 Å². The molecule has 0 saturated heterocycles. The van der Waals surface area contributed by atoms with Crippen LogP contribution in [-0.4, -0.2) is 38.3 Å². The first-order valence-electron chi connectivity index (χ1n) is 7.12. The molecule has 1 rings (SSSR count). The number of esters is 1. The Labute approximate surface area is 120 Å². The van der Waals surface area contributed by atoms with Gasteiger partial charge in [-0.25, -0.2) is 9.48 Å². The molecule has 1 N–H and O–H groups in total. The van der Waals surface area contributed by atoms with Crippen LogP contribution in [0.25, 0.3) is 0 Å². The van der Waals surface area contributed by atoms with Gasteiger partial charge >= 0.3 is 5.97 Å². The third kappa shape index (κ3) is 4.03. The third-order valence-corrected chi connectivity index (χ3v) is 3.48. The number of rotatable bonds is 7. The highest BCUT2D eigenvalue weighted by molar-refractivity contribution is 5.88. The van der Waals surface area contributed by atoms with Crippen molar-refractivity contribution in [2.75, 3.05) is 6.61 Å². The van der Waals surface area contributed by atoms with Crippen LogP contribution < -0.4 is 0 Å². The molecule has 1 heterocycles. The second-order valence-corrected chi connectivity index (χ2v) is 5.60. The summed E-state index contributed by atoms with van der Waals surface area (Å²) in [7, 11) is 0. The number of ether oxygens (including phenoxy) is 1. The van der Waals surface area contributed by atoms with Crippen molar-refractivity contribution in [1.29, 1.82) is 0 Å². The predicted octanol–water partition coefficient (Wildman–Crippen LogP) is 1.95. The average molecular weight is 283 g/mol. The van der Waals surface area contributed by atoms with Gasteiger partial charge in [-0.1, -0.05) is 32.9 Å². The maximum atomic E-state index is 11.9. The minimum Gasteiger partial charge on any atom is -0.461 e.